The highest BCUT2D eigenvalue weighted by molar-refractivity contribution is 5.98. The van der Waals surface area contributed by atoms with Gasteiger partial charge in [-0.1, -0.05) is 102 Å². The molecule has 2 rings (SSSR count). The van der Waals surface area contributed by atoms with E-state index in [4.69, 9.17) is 10.2 Å². The van der Waals surface area contributed by atoms with E-state index in [1.807, 2.05) is 12.1 Å². The molecule has 2 aromatic rings. The number of benzene rings is 1. The quantitative estimate of drug-likeness (QED) is 0.193. The number of hydrogen-bond donors (Lipinski definition) is 2. The zero-order valence-corrected chi connectivity index (χ0v) is 20.4. The first kappa shape index (κ1) is 27.1. The number of hydrogen-bond acceptors (Lipinski definition) is 4. The molecule has 0 aliphatic heterocycles. The summed E-state index contributed by atoms with van der Waals surface area (Å²) < 4.78 is 5.26. The van der Waals surface area contributed by atoms with E-state index in [-0.39, 0.29) is 11.7 Å². The van der Waals surface area contributed by atoms with Gasteiger partial charge in [0.25, 0.3) is 5.91 Å². The minimum atomic E-state index is -0.732. The molecule has 0 bridgehead atoms. The molecule has 5 heteroatoms. The van der Waals surface area contributed by atoms with Gasteiger partial charge >= 0.3 is 5.63 Å². The Balaban J connectivity index is 1.62. The monoisotopic (exact) mass is 457 g/mol. The Hall–Kier alpha value is -2.14. The third-order valence-electron chi connectivity index (χ3n) is 6.52. The van der Waals surface area contributed by atoms with E-state index < -0.39 is 11.5 Å². The van der Waals surface area contributed by atoms with E-state index in [0.717, 1.165) is 50.3 Å². The summed E-state index contributed by atoms with van der Waals surface area (Å²) in [4.78, 5) is 24.0. The lowest BCUT2D eigenvalue weighted by atomic mass is 9.97. The van der Waals surface area contributed by atoms with Crippen LogP contribution < -0.4 is 11.4 Å². The summed E-state index contributed by atoms with van der Waals surface area (Å²) in [5, 5.41) is 11.0. The van der Waals surface area contributed by atoms with Crippen LogP contribution in [0.1, 0.15) is 119 Å². The Morgan fingerprint density at radius 3 is 2.03 bits per heavy atom. The van der Waals surface area contributed by atoms with Gasteiger partial charge < -0.3 is 15.3 Å². The van der Waals surface area contributed by atoms with Crippen LogP contribution in [0.25, 0.3) is 11.0 Å². The Kier molecular flexibility index (Phi) is 12.9. The van der Waals surface area contributed by atoms with Crippen LogP contribution in [0.3, 0.4) is 0 Å². The number of unbranched alkanes of at least 4 members (excludes halogenated alkanes) is 11. The van der Waals surface area contributed by atoms with Crippen molar-refractivity contribution in [1.29, 1.82) is 0 Å². The fourth-order valence-electron chi connectivity index (χ4n) is 4.59. The smallest absolute Gasteiger partial charge is 0.349 e. The third-order valence-corrected chi connectivity index (χ3v) is 6.52. The van der Waals surface area contributed by atoms with Gasteiger partial charge in [0.1, 0.15) is 11.1 Å². The van der Waals surface area contributed by atoms with Crippen LogP contribution in [-0.2, 0) is 6.42 Å². The summed E-state index contributed by atoms with van der Waals surface area (Å²) in [7, 11) is 0. The number of aryl methyl sites for hydroxylation is 1. The van der Waals surface area contributed by atoms with Crippen LogP contribution in [0, 0.1) is 0 Å². The van der Waals surface area contributed by atoms with Crippen molar-refractivity contribution in [2.75, 3.05) is 0 Å². The van der Waals surface area contributed by atoms with E-state index in [1.54, 1.807) is 12.1 Å². The summed E-state index contributed by atoms with van der Waals surface area (Å²) in [6.07, 6.45) is 17.8. The largest absolute Gasteiger partial charge is 0.422 e. The molecule has 0 aliphatic carbocycles. The summed E-state index contributed by atoms with van der Waals surface area (Å²) in [6, 6.07) is 7.27. The molecule has 33 heavy (non-hydrogen) atoms. The Labute approximate surface area is 198 Å². The summed E-state index contributed by atoms with van der Waals surface area (Å²) in [5.74, 6) is -0.732. The summed E-state index contributed by atoms with van der Waals surface area (Å²) in [6.45, 7) is 2.25. The SMILES string of the molecule is CCCCCCCCCCCC(O)CCCCCCc1c(C(N)=O)c(=O)oc2ccccc12. The number of aliphatic hydroxyl groups excluding tert-OH is 1. The maximum absolute atomic E-state index is 12.2. The minimum Gasteiger partial charge on any atom is -0.422 e. The number of nitrogens with two attached hydrogens (primary N) is 1. The van der Waals surface area contributed by atoms with Gasteiger partial charge in [0.15, 0.2) is 0 Å². The van der Waals surface area contributed by atoms with E-state index in [1.165, 1.54) is 51.4 Å². The molecule has 0 radical (unpaired) electrons. The van der Waals surface area contributed by atoms with E-state index in [9.17, 15) is 14.7 Å². The number of amides is 1. The molecule has 0 saturated carbocycles. The fraction of sp³-hybridized carbons (Fsp3) is 0.643. The molecular formula is C28H43NO4. The van der Waals surface area contributed by atoms with E-state index >= 15 is 0 Å². The van der Waals surface area contributed by atoms with Gasteiger partial charge in [-0.15, -0.1) is 0 Å². The van der Waals surface area contributed by atoms with Crippen LogP contribution in [0.15, 0.2) is 33.5 Å². The lowest BCUT2D eigenvalue weighted by Crippen LogP contribution is -2.24. The second kappa shape index (κ2) is 15.7. The molecule has 0 aliphatic rings. The first-order valence-electron chi connectivity index (χ1n) is 13.1. The highest BCUT2D eigenvalue weighted by Gasteiger charge is 2.18. The molecule has 0 saturated heterocycles. The predicted octanol–water partition coefficient (Wildman–Crippen LogP) is 6.67. The van der Waals surface area contributed by atoms with Crippen LogP contribution in [-0.4, -0.2) is 17.1 Å². The molecule has 1 aromatic heterocycles. The number of fused-ring (bicyclic) bond motifs is 1. The second-order valence-electron chi connectivity index (χ2n) is 9.33. The van der Waals surface area contributed by atoms with Crippen molar-refractivity contribution in [3.63, 3.8) is 0 Å². The topological polar surface area (TPSA) is 93.5 Å². The molecule has 0 fully saturated rings. The number of aliphatic hydroxyl groups is 1. The van der Waals surface area contributed by atoms with E-state index in [2.05, 4.69) is 6.92 Å². The van der Waals surface area contributed by atoms with Crippen molar-refractivity contribution in [3.05, 3.63) is 45.8 Å². The average Bonchev–Trinajstić information content (AvgIpc) is 2.79. The van der Waals surface area contributed by atoms with Gasteiger partial charge in [0, 0.05) is 5.39 Å². The number of carbonyl (C=O) groups excluding carboxylic acids is 1. The lowest BCUT2D eigenvalue weighted by molar-refractivity contribution is 0.0996. The normalized spacial score (nSPS) is 12.3. The van der Waals surface area contributed by atoms with Gasteiger partial charge in [-0.2, -0.15) is 0 Å². The van der Waals surface area contributed by atoms with Crippen molar-refractivity contribution in [2.24, 2.45) is 5.73 Å². The predicted molar refractivity (Wildman–Crippen MR) is 136 cm³/mol. The van der Waals surface area contributed by atoms with Gasteiger partial charge in [0.2, 0.25) is 0 Å². The lowest BCUT2D eigenvalue weighted by Gasteiger charge is -2.11. The molecule has 5 nitrogen and oxygen atoms in total. The van der Waals surface area contributed by atoms with Crippen molar-refractivity contribution < 1.29 is 14.3 Å². The third kappa shape index (κ3) is 9.71. The van der Waals surface area contributed by atoms with Crippen LogP contribution in [0.4, 0.5) is 0 Å². The Morgan fingerprint density at radius 2 is 1.42 bits per heavy atom. The zero-order valence-electron chi connectivity index (χ0n) is 20.4. The summed E-state index contributed by atoms with van der Waals surface area (Å²) in [5.41, 5.74) is 5.96. The van der Waals surface area contributed by atoms with Crippen molar-refractivity contribution in [2.45, 2.75) is 116 Å². The molecule has 1 aromatic carbocycles. The zero-order chi connectivity index (χ0) is 23.9. The molecule has 0 spiro atoms. The van der Waals surface area contributed by atoms with E-state index in [0.29, 0.717) is 17.6 Å². The Bertz CT molecular complexity index is 889. The number of primary amides is 1. The van der Waals surface area contributed by atoms with Gasteiger partial charge in [-0.05, 0) is 37.3 Å². The highest BCUT2D eigenvalue weighted by Crippen LogP contribution is 2.22. The minimum absolute atomic E-state index is 0.0231. The molecule has 1 atom stereocenters. The molecule has 1 heterocycles. The highest BCUT2D eigenvalue weighted by atomic mass is 16.4. The van der Waals surface area contributed by atoms with Crippen LogP contribution in [0.2, 0.25) is 0 Å². The molecule has 184 valence electrons. The van der Waals surface area contributed by atoms with Crippen LogP contribution >= 0.6 is 0 Å². The molecule has 1 unspecified atom stereocenters. The van der Waals surface area contributed by atoms with Gasteiger partial charge in [0.05, 0.1) is 6.10 Å². The number of carbonyl (C=O) groups is 1. The van der Waals surface area contributed by atoms with Crippen molar-refractivity contribution in [3.8, 4) is 0 Å². The molecule has 1 amide bonds. The summed E-state index contributed by atoms with van der Waals surface area (Å²) >= 11 is 0. The molecule has 3 N–H and O–H groups in total. The standard InChI is InChI=1S/C28H43NO4/c1-2-3-4-5-6-7-8-9-12-17-22(30)18-13-10-11-14-20-24-23-19-15-16-21-25(23)33-28(32)26(24)27(29)31/h15-16,19,21-22,30H,2-14,17-18,20H2,1H3,(H2,29,31). The molecular weight excluding hydrogens is 414 g/mol. The van der Waals surface area contributed by atoms with Crippen molar-refractivity contribution in [1.82, 2.24) is 0 Å². The number of para-hydroxylation sites is 1. The fourth-order valence-corrected chi connectivity index (χ4v) is 4.59. The maximum Gasteiger partial charge on any atom is 0.349 e. The Morgan fingerprint density at radius 1 is 0.879 bits per heavy atom. The first-order valence-corrected chi connectivity index (χ1v) is 13.1. The van der Waals surface area contributed by atoms with Crippen molar-refractivity contribution >= 4 is 16.9 Å². The second-order valence-corrected chi connectivity index (χ2v) is 9.33. The average molecular weight is 458 g/mol. The van der Waals surface area contributed by atoms with Gasteiger partial charge in [-0.3, -0.25) is 4.79 Å². The maximum atomic E-state index is 12.2. The van der Waals surface area contributed by atoms with Gasteiger partial charge in [-0.25, -0.2) is 4.79 Å². The van der Waals surface area contributed by atoms with Crippen LogP contribution in [0.5, 0.6) is 0 Å². The first-order chi connectivity index (χ1) is 16.0. The number of rotatable bonds is 18.